The molecule has 0 spiro atoms. The standard InChI is InChI=1S/C28H42O2S/c1-5-9-13-21-17-25(29)18-22(14-10-6-2)27(21)31-28-23(15-11-7-3)19-26(30)20-24(28)16-12-8-4/h17-20,29-30H,5-16H2,1-4H3. The fraction of sp³-hybridized carbons (Fsp3) is 0.571. The first-order valence-electron chi connectivity index (χ1n) is 12.4. The summed E-state index contributed by atoms with van der Waals surface area (Å²) in [5.41, 5.74) is 5.09. The summed E-state index contributed by atoms with van der Waals surface area (Å²) in [4.78, 5) is 2.67. The fourth-order valence-electron chi connectivity index (χ4n) is 4.05. The van der Waals surface area contributed by atoms with E-state index in [1.165, 1.54) is 32.0 Å². The van der Waals surface area contributed by atoms with Gasteiger partial charge in [0.2, 0.25) is 0 Å². The number of hydrogen-bond acceptors (Lipinski definition) is 3. The molecule has 0 atom stereocenters. The van der Waals surface area contributed by atoms with Crippen molar-refractivity contribution in [3.63, 3.8) is 0 Å². The molecule has 0 bridgehead atoms. The van der Waals surface area contributed by atoms with E-state index in [-0.39, 0.29) is 0 Å². The molecule has 0 aromatic heterocycles. The minimum atomic E-state index is 0.393. The second-order valence-electron chi connectivity index (χ2n) is 8.70. The lowest BCUT2D eigenvalue weighted by molar-refractivity contribution is 0.472. The molecule has 2 aromatic carbocycles. The van der Waals surface area contributed by atoms with Gasteiger partial charge in [0.25, 0.3) is 0 Å². The van der Waals surface area contributed by atoms with Gasteiger partial charge in [0.15, 0.2) is 0 Å². The Morgan fingerprint density at radius 3 is 1.00 bits per heavy atom. The number of unbranched alkanes of at least 4 members (excludes halogenated alkanes) is 4. The maximum absolute atomic E-state index is 10.4. The van der Waals surface area contributed by atoms with Crippen molar-refractivity contribution in [2.45, 2.75) is 115 Å². The van der Waals surface area contributed by atoms with E-state index < -0.39 is 0 Å². The Labute approximate surface area is 194 Å². The van der Waals surface area contributed by atoms with Crippen LogP contribution in [0.2, 0.25) is 0 Å². The molecule has 0 amide bonds. The lowest BCUT2D eigenvalue weighted by Crippen LogP contribution is -2.00. The van der Waals surface area contributed by atoms with Crippen LogP contribution in [0.1, 0.15) is 101 Å². The number of aromatic hydroxyl groups is 2. The highest BCUT2D eigenvalue weighted by molar-refractivity contribution is 7.99. The lowest BCUT2D eigenvalue weighted by atomic mass is 10.0. The van der Waals surface area contributed by atoms with E-state index in [1.807, 2.05) is 36.0 Å². The zero-order chi connectivity index (χ0) is 22.6. The molecular weight excluding hydrogens is 400 g/mol. The average molecular weight is 443 g/mol. The Bertz CT molecular complexity index is 687. The van der Waals surface area contributed by atoms with E-state index in [0.29, 0.717) is 11.5 Å². The van der Waals surface area contributed by atoms with Gasteiger partial charge in [-0.2, -0.15) is 0 Å². The van der Waals surface area contributed by atoms with E-state index in [0.717, 1.165) is 77.0 Å². The minimum Gasteiger partial charge on any atom is -0.508 e. The van der Waals surface area contributed by atoms with E-state index in [2.05, 4.69) is 27.7 Å². The highest BCUT2D eigenvalue weighted by atomic mass is 32.2. The summed E-state index contributed by atoms with van der Waals surface area (Å²) < 4.78 is 0. The maximum atomic E-state index is 10.4. The summed E-state index contributed by atoms with van der Waals surface area (Å²) in [7, 11) is 0. The molecule has 2 nitrogen and oxygen atoms in total. The van der Waals surface area contributed by atoms with Crippen LogP contribution in [0, 0.1) is 0 Å². The largest absolute Gasteiger partial charge is 0.508 e. The topological polar surface area (TPSA) is 40.5 Å². The Kier molecular flexibility index (Phi) is 11.4. The molecule has 0 aliphatic rings. The van der Waals surface area contributed by atoms with Crippen LogP contribution in [-0.4, -0.2) is 10.2 Å². The molecule has 2 rings (SSSR count). The van der Waals surface area contributed by atoms with Crippen LogP contribution >= 0.6 is 11.8 Å². The van der Waals surface area contributed by atoms with Gasteiger partial charge in [0.1, 0.15) is 11.5 Å². The van der Waals surface area contributed by atoms with E-state index >= 15 is 0 Å². The molecule has 0 radical (unpaired) electrons. The van der Waals surface area contributed by atoms with Crippen LogP contribution in [0.5, 0.6) is 11.5 Å². The molecule has 0 unspecified atom stereocenters. The lowest BCUT2D eigenvalue weighted by Gasteiger charge is -2.20. The quantitative estimate of drug-likeness (QED) is 0.307. The SMILES string of the molecule is CCCCc1cc(O)cc(CCCC)c1Sc1c(CCCC)cc(O)cc1CCCC. The zero-order valence-electron chi connectivity index (χ0n) is 20.1. The summed E-state index contributed by atoms with van der Waals surface area (Å²) in [5.74, 6) is 0.786. The number of rotatable bonds is 14. The Morgan fingerprint density at radius 2 is 0.774 bits per heavy atom. The van der Waals surface area contributed by atoms with Gasteiger partial charge in [-0.3, -0.25) is 0 Å². The monoisotopic (exact) mass is 442 g/mol. The van der Waals surface area contributed by atoms with Crippen LogP contribution in [-0.2, 0) is 25.7 Å². The number of aryl methyl sites for hydroxylation is 4. The number of benzene rings is 2. The Hall–Kier alpha value is -1.61. The van der Waals surface area contributed by atoms with Gasteiger partial charge >= 0.3 is 0 Å². The van der Waals surface area contributed by atoms with Crippen molar-refractivity contribution in [3.05, 3.63) is 46.5 Å². The minimum absolute atomic E-state index is 0.393. The molecule has 0 saturated heterocycles. The second-order valence-corrected chi connectivity index (χ2v) is 9.72. The van der Waals surface area contributed by atoms with Crippen molar-refractivity contribution in [2.24, 2.45) is 0 Å². The molecule has 0 aliphatic heterocycles. The van der Waals surface area contributed by atoms with Crippen molar-refractivity contribution >= 4 is 11.8 Å². The van der Waals surface area contributed by atoms with Crippen molar-refractivity contribution in [3.8, 4) is 11.5 Å². The summed E-state index contributed by atoms with van der Waals surface area (Å²) in [5, 5.41) is 20.8. The zero-order valence-corrected chi connectivity index (χ0v) is 20.9. The molecule has 0 heterocycles. The molecule has 0 aliphatic carbocycles. The predicted octanol–water partition coefficient (Wildman–Crippen LogP) is 8.62. The van der Waals surface area contributed by atoms with Gasteiger partial charge in [-0.15, -0.1) is 0 Å². The first kappa shape index (κ1) is 25.6. The van der Waals surface area contributed by atoms with Crippen LogP contribution in [0.3, 0.4) is 0 Å². The highest BCUT2D eigenvalue weighted by Crippen LogP contribution is 2.42. The molecule has 2 aromatic rings. The van der Waals surface area contributed by atoms with Crippen molar-refractivity contribution < 1.29 is 10.2 Å². The highest BCUT2D eigenvalue weighted by Gasteiger charge is 2.18. The summed E-state index contributed by atoms with van der Waals surface area (Å²) in [6.45, 7) is 8.89. The normalized spacial score (nSPS) is 11.2. The summed E-state index contributed by atoms with van der Waals surface area (Å²) in [6, 6.07) is 7.91. The number of phenolic OH excluding ortho intramolecular Hbond substituents is 2. The summed E-state index contributed by atoms with van der Waals surface area (Å²) in [6.07, 6.45) is 13.1. The first-order chi connectivity index (χ1) is 15.0. The van der Waals surface area contributed by atoms with E-state index in [9.17, 15) is 10.2 Å². The van der Waals surface area contributed by atoms with Gasteiger partial charge in [-0.1, -0.05) is 65.1 Å². The molecule has 2 N–H and O–H groups in total. The predicted molar refractivity (Wildman–Crippen MR) is 135 cm³/mol. The Morgan fingerprint density at radius 1 is 0.516 bits per heavy atom. The van der Waals surface area contributed by atoms with E-state index in [1.54, 1.807) is 0 Å². The second kappa shape index (κ2) is 13.7. The third kappa shape index (κ3) is 7.79. The van der Waals surface area contributed by atoms with Crippen molar-refractivity contribution in [1.29, 1.82) is 0 Å². The molecule has 0 fully saturated rings. The third-order valence-corrected chi connectivity index (χ3v) is 7.31. The molecular formula is C28H42O2S. The van der Waals surface area contributed by atoms with Gasteiger partial charge in [0.05, 0.1) is 0 Å². The van der Waals surface area contributed by atoms with Gasteiger partial charge in [-0.05, 0) is 97.9 Å². The maximum Gasteiger partial charge on any atom is 0.116 e. The van der Waals surface area contributed by atoms with Crippen molar-refractivity contribution in [1.82, 2.24) is 0 Å². The van der Waals surface area contributed by atoms with Crippen LogP contribution in [0.4, 0.5) is 0 Å². The number of phenols is 2. The molecule has 172 valence electrons. The van der Waals surface area contributed by atoms with Gasteiger partial charge in [0, 0.05) is 9.79 Å². The van der Waals surface area contributed by atoms with Crippen LogP contribution in [0.25, 0.3) is 0 Å². The Balaban J connectivity index is 2.57. The number of hydrogen-bond donors (Lipinski definition) is 2. The van der Waals surface area contributed by atoms with Gasteiger partial charge < -0.3 is 10.2 Å². The average Bonchev–Trinajstić information content (AvgIpc) is 2.75. The molecule has 31 heavy (non-hydrogen) atoms. The summed E-state index contributed by atoms with van der Waals surface area (Å²) >= 11 is 1.89. The van der Waals surface area contributed by atoms with Crippen molar-refractivity contribution in [2.75, 3.05) is 0 Å². The fourth-order valence-corrected chi connectivity index (χ4v) is 5.42. The smallest absolute Gasteiger partial charge is 0.116 e. The van der Waals surface area contributed by atoms with E-state index in [4.69, 9.17) is 0 Å². The van der Waals surface area contributed by atoms with Crippen LogP contribution in [0.15, 0.2) is 34.1 Å². The third-order valence-electron chi connectivity index (χ3n) is 5.86. The molecule has 3 heteroatoms. The van der Waals surface area contributed by atoms with Crippen LogP contribution < -0.4 is 0 Å². The van der Waals surface area contributed by atoms with Gasteiger partial charge in [-0.25, -0.2) is 0 Å². The molecule has 0 saturated carbocycles. The first-order valence-corrected chi connectivity index (χ1v) is 13.2.